The highest BCUT2D eigenvalue weighted by Gasteiger charge is 2.10. The van der Waals surface area contributed by atoms with Gasteiger partial charge in [-0.3, -0.25) is 4.68 Å². The van der Waals surface area contributed by atoms with Gasteiger partial charge in [0, 0.05) is 16.1 Å². The minimum absolute atomic E-state index is 0.107. The summed E-state index contributed by atoms with van der Waals surface area (Å²) in [6.07, 6.45) is 3.00. The van der Waals surface area contributed by atoms with Crippen molar-refractivity contribution in [2.45, 2.75) is 13.5 Å². The van der Waals surface area contributed by atoms with E-state index in [1.807, 2.05) is 19.1 Å². The van der Waals surface area contributed by atoms with Crippen LogP contribution in [0.3, 0.4) is 0 Å². The summed E-state index contributed by atoms with van der Waals surface area (Å²) in [5, 5.41) is 5.25. The van der Waals surface area contributed by atoms with Crippen LogP contribution in [0.1, 0.15) is 5.56 Å². The molecule has 1 heterocycles. The van der Waals surface area contributed by atoms with Gasteiger partial charge in [0.2, 0.25) is 0 Å². The molecule has 2 rings (SSSR count). The summed E-state index contributed by atoms with van der Waals surface area (Å²) in [6.45, 7) is 2.38. The number of hydrogen-bond donors (Lipinski definition) is 0. The Morgan fingerprint density at radius 3 is 2.76 bits per heavy atom. The van der Waals surface area contributed by atoms with Crippen molar-refractivity contribution in [3.8, 4) is 0 Å². The van der Waals surface area contributed by atoms with Crippen molar-refractivity contribution in [2.75, 3.05) is 12.0 Å². The molecule has 0 aliphatic carbocycles. The topological polar surface area (TPSA) is 52.0 Å². The second-order valence-electron chi connectivity index (χ2n) is 4.12. The molecule has 0 aliphatic rings. The first kappa shape index (κ1) is 12.6. The highest BCUT2D eigenvalue weighted by atomic mass is 79.9. The Bertz CT molecular complexity index is 661. The van der Waals surface area contributed by atoms with Gasteiger partial charge in [0.1, 0.15) is 9.84 Å². The van der Waals surface area contributed by atoms with E-state index >= 15 is 0 Å². The average Bonchev–Trinajstić information content (AvgIpc) is 2.64. The van der Waals surface area contributed by atoms with Crippen LogP contribution in [-0.4, -0.2) is 30.2 Å². The average molecular weight is 317 g/mol. The predicted molar refractivity (Wildman–Crippen MR) is 71.9 cm³/mol. The van der Waals surface area contributed by atoms with E-state index in [2.05, 4.69) is 21.0 Å². The Kier molecular flexibility index (Phi) is 3.27. The first-order valence-corrected chi connectivity index (χ1v) is 8.02. The van der Waals surface area contributed by atoms with Crippen LogP contribution in [0.15, 0.2) is 22.8 Å². The van der Waals surface area contributed by atoms with E-state index < -0.39 is 9.84 Å². The number of benzene rings is 1. The highest BCUT2D eigenvalue weighted by Crippen LogP contribution is 2.26. The zero-order valence-corrected chi connectivity index (χ0v) is 12.0. The van der Waals surface area contributed by atoms with Crippen molar-refractivity contribution < 1.29 is 8.42 Å². The molecule has 4 nitrogen and oxygen atoms in total. The second kappa shape index (κ2) is 4.42. The monoisotopic (exact) mass is 316 g/mol. The lowest BCUT2D eigenvalue weighted by atomic mass is 10.2. The number of sulfone groups is 1. The number of rotatable bonds is 3. The maximum atomic E-state index is 11.2. The van der Waals surface area contributed by atoms with Gasteiger partial charge in [0.25, 0.3) is 0 Å². The molecule has 0 unspecified atom stereocenters. The van der Waals surface area contributed by atoms with Crippen LogP contribution in [0.5, 0.6) is 0 Å². The minimum atomic E-state index is -2.96. The van der Waals surface area contributed by atoms with Gasteiger partial charge in [-0.05, 0) is 18.6 Å². The molecule has 2 aromatic rings. The third kappa shape index (κ3) is 2.69. The second-order valence-corrected chi connectivity index (χ2v) is 7.24. The van der Waals surface area contributed by atoms with Crippen molar-refractivity contribution in [1.29, 1.82) is 0 Å². The van der Waals surface area contributed by atoms with Gasteiger partial charge in [-0.25, -0.2) is 8.42 Å². The van der Waals surface area contributed by atoms with E-state index in [1.54, 1.807) is 10.9 Å². The molecular weight excluding hydrogens is 304 g/mol. The lowest BCUT2D eigenvalue weighted by molar-refractivity contribution is 0.589. The van der Waals surface area contributed by atoms with E-state index in [0.717, 1.165) is 20.9 Å². The first-order chi connectivity index (χ1) is 7.88. The molecule has 0 spiro atoms. The predicted octanol–water partition coefficient (Wildman–Crippen LogP) is 2.15. The van der Waals surface area contributed by atoms with Crippen LogP contribution in [0.2, 0.25) is 0 Å². The third-order valence-corrected chi connectivity index (χ3v) is 4.24. The molecule has 0 radical (unpaired) electrons. The van der Waals surface area contributed by atoms with Gasteiger partial charge < -0.3 is 0 Å². The van der Waals surface area contributed by atoms with Gasteiger partial charge in [0.15, 0.2) is 0 Å². The molecular formula is C11H13BrN2O2S. The van der Waals surface area contributed by atoms with Crippen molar-refractivity contribution in [3.63, 3.8) is 0 Å². The lowest BCUT2D eigenvalue weighted by Gasteiger charge is -2.05. The molecule has 0 amide bonds. The van der Waals surface area contributed by atoms with E-state index in [-0.39, 0.29) is 5.75 Å². The summed E-state index contributed by atoms with van der Waals surface area (Å²) in [6, 6.07) is 3.96. The highest BCUT2D eigenvalue weighted by molar-refractivity contribution is 9.10. The smallest absolute Gasteiger partial charge is 0.149 e. The fourth-order valence-corrected chi connectivity index (χ4v) is 2.69. The number of aromatic nitrogens is 2. The molecule has 0 saturated heterocycles. The molecule has 0 aliphatic heterocycles. The number of halogens is 1. The number of nitrogens with zero attached hydrogens (tertiary/aromatic N) is 2. The molecule has 1 aromatic heterocycles. The van der Waals surface area contributed by atoms with Crippen LogP contribution in [-0.2, 0) is 16.4 Å². The maximum Gasteiger partial charge on any atom is 0.149 e. The molecule has 92 valence electrons. The molecule has 0 fully saturated rings. The SMILES string of the molecule is Cc1ccc(Br)c2cnn(CCS(C)(=O)=O)c12. The molecule has 0 saturated carbocycles. The van der Waals surface area contributed by atoms with Crippen LogP contribution in [0.4, 0.5) is 0 Å². The quantitative estimate of drug-likeness (QED) is 0.871. The van der Waals surface area contributed by atoms with E-state index in [1.165, 1.54) is 6.26 Å². The summed E-state index contributed by atoms with van der Waals surface area (Å²) < 4.78 is 25.1. The largest absolute Gasteiger partial charge is 0.264 e. The molecule has 6 heteroatoms. The number of aryl methyl sites for hydroxylation is 2. The van der Waals surface area contributed by atoms with E-state index in [4.69, 9.17) is 0 Å². The maximum absolute atomic E-state index is 11.2. The Morgan fingerprint density at radius 2 is 2.12 bits per heavy atom. The lowest BCUT2D eigenvalue weighted by Crippen LogP contribution is -2.12. The zero-order valence-electron chi connectivity index (χ0n) is 9.64. The Hall–Kier alpha value is -0.880. The fraction of sp³-hybridized carbons (Fsp3) is 0.364. The van der Waals surface area contributed by atoms with Crippen LogP contribution >= 0.6 is 15.9 Å². The first-order valence-electron chi connectivity index (χ1n) is 5.17. The molecule has 1 aromatic carbocycles. The summed E-state index contributed by atoms with van der Waals surface area (Å²) >= 11 is 3.46. The van der Waals surface area contributed by atoms with Gasteiger partial charge in [-0.2, -0.15) is 5.10 Å². The molecule has 0 N–H and O–H groups in total. The molecule has 17 heavy (non-hydrogen) atoms. The summed E-state index contributed by atoms with van der Waals surface area (Å²) in [4.78, 5) is 0. The van der Waals surface area contributed by atoms with Gasteiger partial charge in [-0.1, -0.05) is 22.0 Å². The van der Waals surface area contributed by atoms with Crippen molar-refractivity contribution in [1.82, 2.24) is 9.78 Å². The summed E-state index contributed by atoms with van der Waals surface area (Å²) in [5.74, 6) is 0.107. The van der Waals surface area contributed by atoms with Crippen LogP contribution in [0, 0.1) is 6.92 Å². The summed E-state index contributed by atoms with van der Waals surface area (Å²) in [5.41, 5.74) is 2.08. The molecule has 0 atom stereocenters. The van der Waals surface area contributed by atoms with E-state index in [0.29, 0.717) is 6.54 Å². The Balaban J connectivity index is 2.46. The Labute approximate surface area is 109 Å². The van der Waals surface area contributed by atoms with Gasteiger partial charge in [0.05, 0.1) is 24.0 Å². The van der Waals surface area contributed by atoms with Gasteiger partial charge in [-0.15, -0.1) is 0 Å². The molecule has 0 bridgehead atoms. The fourth-order valence-electron chi connectivity index (χ4n) is 1.76. The zero-order chi connectivity index (χ0) is 12.6. The normalized spacial score (nSPS) is 12.2. The van der Waals surface area contributed by atoms with E-state index in [9.17, 15) is 8.42 Å². The van der Waals surface area contributed by atoms with Gasteiger partial charge >= 0.3 is 0 Å². The Morgan fingerprint density at radius 1 is 1.41 bits per heavy atom. The van der Waals surface area contributed by atoms with Crippen LogP contribution < -0.4 is 0 Å². The number of hydrogen-bond acceptors (Lipinski definition) is 3. The summed E-state index contributed by atoms with van der Waals surface area (Å²) in [7, 11) is -2.96. The number of fused-ring (bicyclic) bond motifs is 1. The standard InChI is InChI=1S/C11H13BrN2O2S/c1-8-3-4-10(12)9-7-13-14(11(8)9)5-6-17(2,15)16/h3-4,7H,5-6H2,1-2H3. The van der Waals surface area contributed by atoms with Crippen molar-refractivity contribution in [3.05, 3.63) is 28.4 Å². The van der Waals surface area contributed by atoms with Crippen molar-refractivity contribution >= 4 is 36.7 Å². The minimum Gasteiger partial charge on any atom is -0.264 e. The van der Waals surface area contributed by atoms with Crippen LogP contribution in [0.25, 0.3) is 10.9 Å². The third-order valence-electron chi connectivity index (χ3n) is 2.62. The van der Waals surface area contributed by atoms with Crippen molar-refractivity contribution in [2.24, 2.45) is 0 Å².